The van der Waals surface area contributed by atoms with E-state index >= 15 is 0 Å². The van der Waals surface area contributed by atoms with Crippen LogP contribution in [0.5, 0.6) is 11.5 Å². The smallest absolute Gasteiger partial charge is 0.161 e. The summed E-state index contributed by atoms with van der Waals surface area (Å²) in [5.74, 6) is 1.68. The van der Waals surface area contributed by atoms with Crippen molar-refractivity contribution >= 4 is 0 Å². The van der Waals surface area contributed by atoms with E-state index < -0.39 is 0 Å². The van der Waals surface area contributed by atoms with Gasteiger partial charge >= 0.3 is 0 Å². The van der Waals surface area contributed by atoms with E-state index in [-0.39, 0.29) is 11.0 Å². The summed E-state index contributed by atoms with van der Waals surface area (Å²) in [5.41, 5.74) is 7.83. The van der Waals surface area contributed by atoms with Crippen LogP contribution in [-0.2, 0) is 5.54 Å². The molecule has 3 nitrogen and oxygen atoms in total. The fourth-order valence-electron chi connectivity index (χ4n) is 3.39. The fraction of sp³-hybridized carbons (Fsp3) is 0.625. The molecule has 1 aliphatic carbocycles. The van der Waals surface area contributed by atoms with Crippen LogP contribution < -0.4 is 15.2 Å². The van der Waals surface area contributed by atoms with Gasteiger partial charge in [0.15, 0.2) is 11.5 Å². The zero-order chi connectivity index (χ0) is 13.5. The molecule has 1 aromatic carbocycles. The van der Waals surface area contributed by atoms with E-state index in [2.05, 4.69) is 26.0 Å². The van der Waals surface area contributed by atoms with Gasteiger partial charge in [0.2, 0.25) is 0 Å². The number of hydrogen-bond acceptors (Lipinski definition) is 3. The molecule has 1 saturated carbocycles. The van der Waals surface area contributed by atoms with Gasteiger partial charge < -0.3 is 15.2 Å². The fourth-order valence-corrected chi connectivity index (χ4v) is 3.39. The van der Waals surface area contributed by atoms with Crippen molar-refractivity contribution in [2.24, 2.45) is 11.1 Å². The first-order chi connectivity index (χ1) is 9.03. The number of hydrogen-bond donors (Lipinski definition) is 1. The van der Waals surface area contributed by atoms with E-state index in [1.807, 2.05) is 6.07 Å². The Bertz CT molecular complexity index is 484. The van der Waals surface area contributed by atoms with Crippen LogP contribution in [-0.4, -0.2) is 13.2 Å². The van der Waals surface area contributed by atoms with Gasteiger partial charge in [0.05, 0.1) is 0 Å². The van der Waals surface area contributed by atoms with Crippen molar-refractivity contribution in [1.29, 1.82) is 0 Å². The first-order valence-electron chi connectivity index (χ1n) is 7.22. The quantitative estimate of drug-likeness (QED) is 0.844. The predicted molar refractivity (Wildman–Crippen MR) is 75.5 cm³/mol. The molecule has 104 valence electrons. The summed E-state index contributed by atoms with van der Waals surface area (Å²) < 4.78 is 11.3. The largest absolute Gasteiger partial charge is 0.486 e. The van der Waals surface area contributed by atoms with E-state index in [0.717, 1.165) is 17.9 Å². The van der Waals surface area contributed by atoms with Crippen molar-refractivity contribution in [3.8, 4) is 11.5 Å². The molecule has 3 rings (SSSR count). The molecule has 0 spiro atoms. The summed E-state index contributed by atoms with van der Waals surface area (Å²) in [5, 5.41) is 0. The van der Waals surface area contributed by atoms with Crippen LogP contribution in [0.2, 0.25) is 0 Å². The highest BCUT2D eigenvalue weighted by Crippen LogP contribution is 2.49. The minimum Gasteiger partial charge on any atom is -0.486 e. The van der Waals surface area contributed by atoms with Crippen molar-refractivity contribution in [1.82, 2.24) is 0 Å². The lowest BCUT2D eigenvalue weighted by atomic mass is 9.61. The predicted octanol–water partition coefficient (Wildman–Crippen LogP) is 3.21. The van der Waals surface area contributed by atoms with Crippen LogP contribution in [0.3, 0.4) is 0 Å². The highest BCUT2D eigenvalue weighted by atomic mass is 16.6. The lowest BCUT2D eigenvalue weighted by Gasteiger charge is -2.48. The average molecular weight is 261 g/mol. The Morgan fingerprint density at radius 2 is 1.68 bits per heavy atom. The van der Waals surface area contributed by atoms with E-state index in [1.165, 1.54) is 24.8 Å². The first-order valence-corrected chi connectivity index (χ1v) is 7.22. The summed E-state index contributed by atoms with van der Waals surface area (Å²) in [7, 11) is 0. The summed E-state index contributed by atoms with van der Waals surface area (Å²) >= 11 is 0. The van der Waals surface area contributed by atoms with E-state index in [0.29, 0.717) is 13.2 Å². The number of nitrogens with two attached hydrogens (primary N) is 1. The van der Waals surface area contributed by atoms with Crippen molar-refractivity contribution in [3.05, 3.63) is 23.8 Å². The Kier molecular flexibility index (Phi) is 2.97. The minimum atomic E-state index is -0.263. The summed E-state index contributed by atoms with van der Waals surface area (Å²) in [4.78, 5) is 0. The zero-order valence-electron chi connectivity index (χ0n) is 11.9. The minimum absolute atomic E-state index is 0.120. The Labute approximate surface area is 115 Å². The first kappa shape index (κ1) is 12.8. The zero-order valence-corrected chi connectivity index (χ0v) is 11.9. The third kappa shape index (κ3) is 2.00. The molecule has 19 heavy (non-hydrogen) atoms. The molecule has 2 aliphatic rings. The molecule has 0 aromatic heterocycles. The lowest BCUT2D eigenvalue weighted by Crippen LogP contribution is -2.51. The Balaban J connectivity index is 2.00. The molecule has 3 heteroatoms. The second-order valence-corrected chi connectivity index (χ2v) is 6.42. The van der Waals surface area contributed by atoms with Gasteiger partial charge in [-0.05, 0) is 36.0 Å². The topological polar surface area (TPSA) is 44.5 Å². The van der Waals surface area contributed by atoms with Crippen LogP contribution in [0.1, 0.15) is 45.1 Å². The standard InChI is InChI=1S/C16H23NO2/c1-15(2)7-3-4-8-16(15,17)12-5-6-13-14(11-12)19-10-9-18-13/h5-6,11H,3-4,7-10,17H2,1-2H3. The molecule has 1 atom stereocenters. The number of rotatable bonds is 1. The van der Waals surface area contributed by atoms with Gasteiger partial charge in [-0.25, -0.2) is 0 Å². The monoisotopic (exact) mass is 261 g/mol. The SMILES string of the molecule is CC1(C)CCCCC1(N)c1ccc2c(c1)OCCO2. The van der Waals surface area contributed by atoms with Gasteiger partial charge in [-0.15, -0.1) is 0 Å². The van der Waals surface area contributed by atoms with Gasteiger partial charge in [-0.3, -0.25) is 0 Å². The maximum atomic E-state index is 6.79. The molecular formula is C16H23NO2. The van der Waals surface area contributed by atoms with Crippen molar-refractivity contribution in [3.63, 3.8) is 0 Å². The number of fused-ring (bicyclic) bond motifs is 1. The molecule has 1 aliphatic heterocycles. The summed E-state index contributed by atoms with van der Waals surface area (Å²) in [6.45, 7) is 5.81. The number of ether oxygens (including phenoxy) is 2. The Morgan fingerprint density at radius 1 is 1.00 bits per heavy atom. The summed E-state index contributed by atoms with van der Waals surface area (Å²) in [6, 6.07) is 6.20. The Morgan fingerprint density at radius 3 is 2.42 bits per heavy atom. The van der Waals surface area contributed by atoms with Gasteiger partial charge in [-0.2, -0.15) is 0 Å². The molecule has 0 amide bonds. The normalized spacial score (nSPS) is 29.0. The molecular weight excluding hydrogens is 238 g/mol. The molecule has 0 bridgehead atoms. The van der Waals surface area contributed by atoms with Crippen LogP contribution in [0.4, 0.5) is 0 Å². The molecule has 1 aromatic rings. The van der Waals surface area contributed by atoms with Crippen molar-refractivity contribution in [2.45, 2.75) is 45.1 Å². The summed E-state index contributed by atoms with van der Waals surface area (Å²) in [6.07, 6.45) is 4.70. The third-order valence-corrected chi connectivity index (χ3v) is 4.89. The van der Waals surface area contributed by atoms with Gasteiger partial charge in [-0.1, -0.05) is 32.8 Å². The van der Waals surface area contributed by atoms with Crippen LogP contribution >= 0.6 is 0 Å². The van der Waals surface area contributed by atoms with Crippen LogP contribution in [0.25, 0.3) is 0 Å². The molecule has 1 fully saturated rings. The van der Waals surface area contributed by atoms with Crippen LogP contribution in [0, 0.1) is 5.41 Å². The Hall–Kier alpha value is -1.22. The highest BCUT2D eigenvalue weighted by Gasteiger charge is 2.45. The number of benzene rings is 1. The average Bonchev–Trinajstić information content (AvgIpc) is 2.41. The molecule has 0 radical (unpaired) electrons. The maximum absolute atomic E-state index is 6.79. The second-order valence-electron chi connectivity index (χ2n) is 6.42. The van der Waals surface area contributed by atoms with E-state index in [9.17, 15) is 0 Å². The molecule has 0 saturated heterocycles. The molecule has 1 unspecified atom stereocenters. The van der Waals surface area contributed by atoms with Gasteiger partial charge in [0, 0.05) is 5.54 Å². The van der Waals surface area contributed by atoms with Gasteiger partial charge in [0.1, 0.15) is 13.2 Å². The van der Waals surface area contributed by atoms with E-state index in [1.54, 1.807) is 0 Å². The molecule has 2 N–H and O–H groups in total. The molecule has 1 heterocycles. The third-order valence-electron chi connectivity index (χ3n) is 4.89. The van der Waals surface area contributed by atoms with E-state index in [4.69, 9.17) is 15.2 Å². The van der Waals surface area contributed by atoms with Crippen molar-refractivity contribution in [2.75, 3.05) is 13.2 Å². The maximum Gasteiger partial charge on any atom is 0.161 e. The van der Waals surface area contributed by atoms with Gasteiger partial charge in [0.25, 0.3) is 0 Å². The highest BCUT2D eigenvalue weighted by molar-refractivity contribution is 5.46. The van der Waals surface area contributed by atoms with Crippen molar-refractivity contribution < 1.29 is 9.47 Å². The lowest BCUT2D eigenvalue weighted by molar-refractivity contribution is 0.0968. The van der Waals surface area contributed by atoms with Crippen LogP contribution in [0.15, 0.2) is 18.2 Å². The second kappa shape index (κ2) is 4.41.